The fourth-order valence-corrected chi connectivity index (χ4v) is 4.63. The van der Waals surface area contributed by atoms with Crippen molar-refractivity contribution in [1.29, 1.82) is 0 Å². The molecule has 0 aliphatic carbocycles. The van der Waals surface area contributed by atoms with Gasteiger partial charge in [-0.2, -0.15) is 11.3 Å². The molecule has 4 rings (SSSR count). The van der Waals surface area contributed by atoms with Gasteiger partial charge in [-0.15, -0.1) is 0 Å². The Labute approximate surface area is 205 Å². The summed E-state index contributed by atoms with van der Waals surface area (Å²) in [5.41, 5.74) is 3.28. The molecule has 0 N–H and O–H groups in total. The molecule has 1 saturated heterocycles. The Kier molecular flexibility index (Phi) is 8.77. The van der Waals surface area contributed by atoms with Crippen LogP contribution in [0.15, 0.2) is 71.4 Å². The summed E-state index contributed by atoms with van der Waals surface area (Å²) in [5, 5.41) is 4.23. The van der Waals surface area contributed by atoms with Gasteiger partial charge in [0, 0.05) is 32.2 Å². The number of methoxy groups -OCH3 is 1. The summed E-state index contributed by atoms with van der Waals surface area (Å²) >= 11 is 1.70. The SMILES string of the molecule is COc1ccc(/C=C/C(=O)N(Cc2cccc(OCCc3ccsc3)c2)C[C@@H]2CCCO2)cc1. The Morgan fingerprint density at radius 1 is 1.15 bits per heavy atom. The van der Waals surface area contributed by atoms with E-state index in [2.05, 4.69) is 16.8 Å². The highest BCUT2D eigenvalue weighted by Crippen LogP contribution is 2.19. The second-order valence-corrected chi connectivity index (χ2v) is 9.12. The first-order chi connectivity index (χ1) is 16.7. The Morgan fingerprint density at radius 2 is 2.03 bits per heavy atom. The molecular weight excluding hydrogens is 446 g/mol. The molecule has 1 amide bonds. The van der Waals surface area contributed by atoms with Gasteiger partial charge in [-0.1, -0.05) is 24.3 Å². The third-order valence-corrected chi connectivity index (χ3v) is 6.54. The number of carbonyl (C=O) groups excluding carboxylic acids is 1. The molecule has 178 valence electrons. The molecule has 0 radical (unpaired) electrons. The lowest BCUT2D eigenvalue weighted by molar-refractivity contribution is -0.128. The van der Waals surface area contributed by atoms with Gasteiger partial charge in [0.15, 0.2) is 0 Å². The van der Waals surface area contributed by atoms with Crippen LogP contribution in [0.1, 0.15) is 29.5 Å². The average Bonchev–Trinajstić information content (AvgIpc) is 3.57. The minimum Gasteiger partial charge on any atom is -0.497 e. The highest BCUT2D eigenvalue weighted by Gasteiger charge is 2.22. The number of carbonyl (C=O) groups is 1. The molecule has 2 aromatic carbocycles. The van der Waals surface area contributed by atoms with Gasteiger partial charge in [-0.25, -0.2) is 0 Å². The van der Waals surface area contributed by atoms with Crippen molar-refractivity contribution >= 4 is 23.3 Å². The Morgan fingerprint density at radius 3 is 2.76 bits per heavy atom. The number of ether oxygens (including phenoxy) is 3. The summed E-state index contributed by atoms with van der Waals surface area (Å²) in [6.07, 6.45) is 6.47. The number of hydrogen-bond acceptors (Lipinski definition) is 5. The third-order valence-electron chi connectivity index (χ3n) is 5.81. The van der Waals surface area contributed by atoms with Crippen LogP contribution in [0, 0.1) is 0 Å². The van der Waals surface area contributed by atoms with Crippen molar-refractivity contribution in [3.63, 3.8) is 0 Å². The van der Waals surface area contributed by atoms with Gasteiger partial charge in [0.1, 0.15) is 11.5 Å². The molecule has 3 aromatic rings. The van der Waals surface area contributed by atoms with E-state index in [1.165, 1.54) is 5.56 Å². The largest absolute Gasteiger partial charge is 0.497 e. The molecular formula is C28H31NO4S. The van der Waals surface area contributed by atoms with Crippen LogP contribution >= 0.6 is 11.3 Å². The Balaban J connectivity index is 1.40. The lowest BCUT2D eigenvalue weighted by Crippen LogP contribution is -2.35. The number of rotatable bonds is 11. The lowest BCUT2D eigenvalue weighted by atomic mass is 10.1. The van der Waals surface area contributed by atoms with Gasteiger partial charge < -0.3 is 19.1 Å². The fraction of sp³-hybridized carbons (Fsp3) is 0.321. The normalized spacial score (nSPS) is 15.5. The second-order valence-electron chi connectivity index (χ2n) is 8.34. The lowest BCUT2D eigenvalue weighted by Gasteiger charge is -2.24. The third kappa shape index (κ3) is 7.20. The predicted molar refractivity (Wildman–Crippen MR) is 136 cm³/mol. The van der Waals surface area contributed by atoms with Gasteiger partial charge in [-0.05, 0) is 76.7 Å². The number of amides is 1. The second kappa shape index (κ2) is 12.4. The highest BCUT2D eigenvalue weighted by atomic mass is 32.1. The van der Waals surface area contributed by atoms with E-state index >= 15 is 0 Å². The zero-order valence-electron chi connectivity index (χ0n) is 19.5. The molecule has 1 fully saturated rings. The van der Waals surface area contributed by atoms with Crippen molar-refractivity contribution < 1.29 is 19.0 Å². The van der Waals surface area contributed by atoms with Crippen LogP contribution in [0.5, 0.6) is 11.5 Å². The van der Waals surface area contributed by atoms with Crippen molar-refractivity contribution in [2.75, 3.05) is 26.9 Å². The van der Waals surface area contributed by atoms with E-state index in [0.717, 1.165) is 48.5 Å². The molecule has 1 atom stereocenters. The van der Waals surface area contributed by atoms with Gasteiger partial charge in [-0.3, -0.25) is 4.79 Å². The van der Waals surface area contributed by atoms with E-state index in [1.807, 2.05) is 59.5 Å². The minimum absolute atomic E-state index is 0.0323. The molecule has 1 aliphatic heterocycles. The summed E-state index contributed by atoms with van der Waals surface area (Å²) in [4.78, 5) is 15.0. The van der Waals surface area contributed by atoms with Crippen LogP contribution in [0.3, 0.4) is 0 Å². The van der Waals surface area contributed by atoms with Crippen molar-refractivity contribution in [2.45, 2.75) is 31.9 Å². The van der Waals surface area contributed by atoms with Crippen LogP contribution in [0.4, 0.5) is 0 Å². The van der Waals surface area contributed by atoms with Crippen LogP contribution in [-0.2, 0) is 22.5 Å². The average molecular weight is 478 g/mol. The van der Waals surface area contributed by atoms with Gasteiger partial charge in [0.2, 0.25) is 5.91 Å². The summed E-state index contributed by atoms with van der Waals surface area (Å²) < 4.78 is 17.0. The highest BCUT2D eigenvalue weighted by molar-refractivity contribution is 7.07. The monoisotopic (exact) mass is 477 g/mol. The van der Waals surface area contributed by atoms with Gasteiger partial charge >= 0.3 is 0 Å². The van der Waals surface area contributed by atoms with Crippen molar-refractivity contribution in [3.05, 3.63) is 88.1 Å². The summed E-state index contributed by atoms with van der Waals surface area (Å²) in [5.74, 6) is 1.59. The number of hydrogen-bond donors (Lipinski definition) is 0. The Hall–Kier alpha value is -3.09. The first kappa shape index (κ1) is 24.0. The molecule has 34 heavy (non-hydrogen) atoms. The van der Waals surface area contributed by atoms with Crippen LogP contribution in [0.2, 0.25) is 0 Å². The maximum absolute atomic E-state index is 13.1. The van der Waals surface area contributed by atoms with Crippen LogP contribution in [-0.4, -0.2) is 43.8 Å². The molecule has 6 heteroatoms. The molecule has 1 aliphatic rings. The van der Waals surface area contributed by atoms with E-state index in [-0.39, 0.29) is 12.0 Å². The van der Waals surface area contributed by atoms with Crippen molar-refractivity contribution in [2.24, 2.45) is 0 Å². The van der Waals surface area contributed by atoms with E-state index in [0.29, 0.717) is 19.7 Å². The van der Waals surface area contributed by atoms with Crippen molar-refractivity contribution in [3.8, 4) is 11.5 Å². The standard InChI is InChI=1S/C28H31NO4S/c1-31-25-10-7-22(8-11-25)9-12-28(30)29(20-27-6-3-15-32-27)19-24-4-2-5-26(18-24)33-16-13-23-14-17-34-21-23/h2,4-5,7-12,14,17-18,21,27H,3,6,13,15-16,19-20H2,1H3/b12-9+/t27-/m0/s1. The minimum atomic E-state index is -0.0323. The van der Waals surface area contributed by atoms with Gasteiger partial charge in [0.25, 0.3) is 0 Å². The maximum atomic E-state index is 13.1. The molecule has 1 aromatic heterocycles. The zero-order valence-corrected chi connectivity index (χ0v) is 20.3. The number of nitrogens with zero attached hydrogens (tertiary/aromatic N) is 1. The van der Waals surface area contributed by atoms with Crippen LogP contribution < -0.4 is 9.47 Å². The predicted octanol–water partition coefficient (Wildman–Crippen LogP) is 5.60. The molecule has 2 heterocycles. The molecule has 0 saturated carbocycles. The molecule has 0 spiro atoms. The van der Waals surface area contributed by atoms with Crippen LogP contribution in [0.25, 0.3) is 6.08 Å². The first-order valence-corrected chi connectivity index (χ1v) is 12.6. The summed E-state index contributed by atoms with van der Waals surface area (Å²) in [7, 11) is 1.64. The van der Waals surface area contributed by atoms with E-state index < -0.39 is 0 Å². The first-order valence-electron chi connectivity index (χ1n) is 11.6. The maximum Gasteiger partial charge on any atom is 0.246 e. The smallest absolute Gasteiger partial charge is 0.246 e. The summed E-state index contributed by atoms with van der Waals surface area (Å²) in [6, 6.07) is 17.8. The number of benzene rings is 2. The van der Waals surface area contributed by atoms with Gasteiger partial charge in [0.05, 0.1) is 19.8 Å². The summed E-state index contributed by atoms with van der Waals surface area (Å²) in [6.45, 7) is 2.48. The molecule has 0 bridgehead atoms. The quantitative estimate of drug-likeness (QED) is 0.337. The molecule has 0 unspecified atom stereocenters. The fourth-order valence-electron chi connectivity index (χ4n) is 3.93. The Bertz CT molecular complexity index is 1060. The molecule has 5 nitrogen and oxygen atoms in total. The zero-order chi connectivity index (χ0) is 23.6. The topological polar surface area (TPSA) is 48.0 Å². The van der Waals surface area contributed by atoms with Crippen molar-refractivity contribution in [1.82, 2.24) is 4.90 Å². The number of thiophene rings is 1. The van der Waals surface area contributed by atoms with E-state index in [1.54, 1.807) is 24.5 Å². The van der Waals surface area contributed by atoms with E-state index in [4.69, 9.17) is 14.2 Å². The van der Waals surface area contributed by atoms with E-state index in [9.17, 15) is 4.79 Å².